The van der Waals surface area contributed by atoms with Crippen LogP contribution in [-0.2, 0) is 10.0 Å². The first kappa shape index (κ1) is 25.8. The number of rotatable bonds is 8. The molecule has 1 aromatic heterocycles. The number of Topliss-reactive ketones (excluding diaryl/α,β-unsaturated/α-hetero) is 1. The maximum atomic E-state index is 14.1. The SMILES string of the molecule is Cc1ccc(C(=O)c2oc3ccccc3c2NCC(=O)c2ccc(S(=O)(=O)N3CCCCC3)cc2)cc1F. The Balaban J connectivity index is 1.36. The van der Waals surface area contributed by atoms with Crippen LogP contribution in [0.1, 0.15) is 51.3 Å². The molecule has 1 saturated heterocycles. The number of fused-ring (bicyclic) bond motifs is 1. The lowest BCUT2D eigenvalue weighted by Gasteiger charge is -2.25. The van der Waals surface area contributed by atoms with Crippen LogP contribution in [0.15, 0.2) is 76.0 Å². The number of halogens is 1. The van der Waals surface area contributed by atoms with E-state index in [1.54, 1.807) is 31.2 Å². The topological polar surface area (TPSA) is 96.7 Å². The molecule has 5 rings (SSSR count). The van der Waals surface area contributed by atoms with Gasteiger partial charge in [0.15, 0.2) is 11.5 Å². The van der Waals surface area contributed by atoms with Crippen LogP contribution >= 0.6 is 0 Å². The third-order valence-electron chi connectivity index (χ3n) is 6.79. The van der Waals surface area contributed by atoms with Gasteiger partial charge in [0.05, 0.1) is 17.1 Å². The molecule has 3 aromatic carbocycles. The van der Waals surface area contributed by atoms with Crippen LogP contribution in [0.5, 0.6) is 0 Å². The highest BCUT2D eigenvalue weighted by atomic mass is 32.2. The molecule has 196 valence electrons. The number of hydrogen-bond donors (Lipinski definition) is 1. The van der Waals surface area contributed by atoms with Crippen molar-refractivity contribution in [3.8, 4) is 0 Å². The highest BCUT2D eigenvalue weighted by molar-refractivity contribution is 7.89. The number of anilines is 1. The third kappa shape index (κ3) is 4.99. The number of furan rings is 1. The Bertz CT molecular complexity index is 1620. The number of piperidine rings is 1. The second-order valence-corrected chi connectivity index (χ2v) is 11.3. The van der Waals surface area contributed by atoms with E-state index in [-0.39, 0.29) is 28.5 Å². The van der Waals surface area contributed by atoms with E-state index < -0.39 is 21.6 Å². The number of nitrogens with one attached hydrogen (secondary N) is 1. The molecule has 0 bridgehead atoms. The van der Waals surface area contributed by atoms with Crippen LogP contribution in [0.4, 0.5) is 10.1 Å². The van der Waals surface area contributed by atoms with Crippen molar-refractivity contribution in [1.29, 1.82) is 0 Å². The van der Waals surface area contributed by atoms with Crippen molar-refractivity contribution in [2.24, 2.45) is 0 Å². The molecule has 1 aliphatic heterocycles. The summed E-state index contributed by atoms with van der Waals surface area (Å²) in [5, 5.41) is 3.63. The lowest BCUT2D eigenvalue weighted by atomic mass is 10.0. The number of nitrogens with zero attached hydrogens (tertiary/aromatic N) is 1. The van der Waals surface area contributed by atoms with Gasteiger partial charge in [-0.05, 0) is 67.8 Å². The van der Waals surface area contributed by atoms with Gasteiger partial charge >= 0.3 is 0 Å². The molecule has 0 unspecified atom stereocenters. The molecule has 9 heteroatoms. The first-order valence-electron chi connectivity index (χ1n) is 12.5. The Labute approximate surface area is 220 Å². The van der Waals surface area contributed by atoms with E-state index in [4.69, 9.17) is 4.42 Å². The molecule has 0 saturated carbocycles. The van der Waals surface area contributed by atoms with Crippen molar-refractivity contribution in [2.45, 2.75) is 31.1 Å². The first-order valence-corrected chi connectivity index (χ1v) is 13.9. The molecular formula is C29H27FN2O5S. The molecule has 0 spiro atoms. The number of para-hydroxylation sites is 1. The van der Waals surface area contributed by atoms with Gasteiger partial charge in [0.25, 0.3) is 0 Å². The van der Waals surface area contributed by atoms with E-state index in [0.717, 1.165) is 19.3 Å². The smallest absolute Gasteiger partial charge is 0.243 e. The standard InChI is InChI=1S/C29H27FN2O5S/c1-19-9-10-21(17-24(19)30)28(34)29-27(23-7-3-4-8-26(23)37-29)31-18-25(33)20-11-13-22(14-12-20)38(35,36)32-15-5-2-6-16-32/h3-4,7-14,17,31H,2,5-6,15-16,18H2,1H3. The fraction of sp³-hybridized carbons (Fsp3) is 0.241. The average Bonchev–Trinajstić information content (AvgIpc) is 3.32. The van der Waals surface area contributed by atoms with Crippen molar-refractivity contribution in [3.05, 3.63) is 95.0 Å². The normalized spacial score (nSPS) is 14.5. The lowest BCUT2D eigenvalue weighted by molar-refractivity contribution is 0.0997. The zero-order valence-corrected chi connectivity index (χ0v) is 21.7. The van der Waals surface area contributed by atoms with Crippen LogP contribution in [0.3, 0.4) is 0 Å². The Morgan fingerprint density at radius 1 is 0.947 bits per heavy atom. The van der Waals surface area contributed by atoms with Crippen LogP contribution in [0.25, 0.3) is 11.0 Å². The monoisotopic (exact) mass is 534 g/mol. The fourth-order valence-electron chi connectivity index (χ4n) is 4.58. The van der Waals surface area contributed by atoms with Crippen molar-refractivity contribution in [1.82, 2.24) is 4.31 Å². The van der Waals surface area contributed by atoms with Gasteiger partial charge in [-0.3, -0.25) is 9.59 Å². The number of ketones is 2. The number of sulfonamides is 1. The second kappa shape index (κ2) is 10.5. The predicted molar refractivity (Wildman–Crippen MR) is 143 cm³/mol. The van der Waals surface area contributed by atoms with E-state index >= 15 is 0 Å². The Hall–Kier alpha value is -3.82. The van der Waals surface area contributed by atoms with Crippen LogP contribution in [-0.4, -0.2) is 43.9 Å². The highest BCUT2D eigenvalue weighted by Gasteiger charge is 2.26. The van der Waals surface area contributed by atoms with Gasteiger partial charge in [-0.15, -0.1) is 0 Å². The van der Waals surface area contributed by atoms with Crippen LogP contribution < -0.4 is 5.32 Å². The van der Waals surface area contributed by atoms with Gasteiger partial charge < -0.3 is 9.73 Å². The highest BCUT2D eigenvalue weighted by Crippen LogP contribution is 2.33. The summed E-state index contributed by atoms with van der Waals surface area (Å²) >= 11 is 0. The largest absolute Gasteiger partial charge is 0.450 e. The summed E-state index contributed by atoms with van der Waals surface area (Å²) in [5.41, 5.74) is 1.67. The van der Waals surface area contributed by atoms with Crippen molar-refractivity contribution in [2.75, 3.05) is 25.0 Å². The first-order chi connectivity index (χ1) is 18.3. The van der Waals surface area contributed by atoms with Gasteiger partial charge in [-0.25, -0.2) is 12.8 Å². The van der Waals surface area contributed by atoms with Crippen molar-refractivity contribution < 1.29 is 26.8 Å². The zero-order valence-electron chi connectivity index (χ0n) is 20.9. The minimum absolute atomic E-state index is 0.0229. The van der Waals surface area contributed by atoms with E-state index in [1.165, 1.54) is 46.8 Å². The molecule has 4 aromatic rings. The number of carbonyl (C=O) groups excluding carboxylic acids is 2. The summed E-state index contributed by atoms with van der Waals surface area (Å²) in [6, 6.07) is 17.1. The van der Waals surface area contributed by atoms with Gasteiger partial charge in [-0.1, -0.05) is 30.7 Å². The minimum Gasteiger partial charge on any atom is -0.450 e. The maximum Gasteiger partial charge on any atom is 0.243 e. The zero-order chi connectivity index (χ0) is 26.9. The summed E-state index contributed by atoms with van der Waals surface area (Å²) in [6.07, 6.45) is 2.70. The minimum atomic E-state index is -3.59. The van der Waals surface area contributed by atoms with Crippen LogP contribution in [0, 0.1) is 12.7 Å². The molecule has 7 nitrogen and oxygen atoms in total. The molecular weight excluding hydrogens is 507 g/mol. The summed E-state index contributed by atoms with van der Waals surface area (Å²) in [7, 11) is -3.59. The number of aryl methyl sites for hydroxylation is 1. The van der Waals surface area contributed by atoms with Crippen molar-refractivity contribution >= 4 is 38.2 Å². The van der Waals surface area contributed by atoms with Crippen LogP contribution in [0.2, 0.25) is 0 Å². The van der Waals surface area contributed by atoms with Gasteiger partial charge in [0.2, 0.25) is 15.8 Å². The average molecular weight is 535 g/mol. The summed E-state index contributed by atoms with van der Waals surface area (Å²) in [5.74, 6) is -1.33. The van der Waals surface area contributed by atoms with Crippen molar-refractivity contribution in [3.63, 3.8) is 0 Å². The predicted octanol–water partition coefficient (Wildman–Crippen LogP) is 5.58. The lowest BCUT2D eigenvalue weighted by Crippen LogP contribution is -2.35. The van der Waals surface area contributed by atoms with E-state index in [1.807, 2.05) is 0 Å². The van der Waals surface area contributed by atoms with E-state index in [9.17, 15) is 22.4 Å². The van der Waals surface area contributed by atoms with E-state index in [2.05, 4.69) is 5.32 Å². The van der Waals surface area contributed by atoms with Gasteiger partial charge in [0.1, 0.15) is 11.4 Å². The summed E-state index contributed by atoms with van der Waals surface area (Å²) in [4.78, 5) is 26.4. The third-order valence-corrected chi connectivity index (χ3v) is 8.70. The quantitative estimate of drug-likeness (QED) is 0.297. The fourth-order valence-corrected chi connectivity index (χ4v) is 6.10. The Morgan fingerprint density at radius 2 is 1.63 bits per heavy atom. The molecule has 1 aliphatic rings. The molecule has 0 radical (unpaired) electrons. The number of benzene rings is 3. The molecule has 2 heterocycles. The maximum absolute atomic E-state index is 14.1. The molecule has 0 amide bonds. The Morgan fingerprint density at radius 3 is 2.34 bits per heavy atom. The number of hydrogen-bond acceptors (Lipinski definition) is 6. The number of carbonyl (C=O) groups is 2. The molecule has 38 heavy (non-hydrogen) atoms. The molecule has 1 N–H and O–H groups in total. The van der Waals surface area contributed by atoms with E-state index in [0.29, 0.717) is 40.9 Å². The molecule has 0 atom stereocenters. The molecule has 1 fully saturated rings. The summed E-state index contributed by atoms with van der Waals surface area (Å²) < 4.78 is 47.2. The summed E-state index contributed by atoms with van der Waals surface area (Å²) in [6.45, 7) is 2.45. The second-order valence-electron chi connectivity index (χ2n) is 9.36. The van der Waals surface area contributed by atoms with Gasteiger partial charge in [0, 0.05) is 29.6 Å². The molecule has 0 aliphatic carbocycles. The Kier molecular flexibility index (Phi) is 7.14. The van der Waals surface area contributed by atoms with Gasteiger partial charge in [-0.2, -0.15) is 4.31 Å².